The fraction of sp³-hybridized carbons (Fsp3) is 0.318. The van der Waals surface area contributed by atoms with Crippen molar-refractivity contribution >= 4 is 11.0 Å². The first kappa shape index (κ1) is 23.6. The van der Waals surface area contributed by atoms with Crippen molar-refractivity contribution in [3.05, 3.63) is 40.6 Å². The van der Waals surface area contributed by atoms with Crippen molar-refractivity contribution in [2.24, 2.45) is 0 Å². The van der Waals surface area contributed by atoms with Gasteiger partial charge in [0.1, 0.15) is 41.1 Å². The standard InChI is InChI=1S/C22H22O12/c1-31-21-11(26)6-14-16(18(21)28)10(25)5-12(32-14)8-2-3-9(24)13(4-8)33-22-20(30)19(29)17(27)15(7-23)34-22/h2-6,15,17,19-20,22-24,26-30H,7H2,1H3. The highest BCUT2D eigenvalue weighted by atomic mass is 16.7. The van der Waals surface area contributed by atoms with Crippen LogP contribution in [-0.2, 0) is 4.74 Å². The molecule has 0 aliphatic carbocycles. The Morgan fingerprint density at radius 3 is 2.38 bits per heavy atom. The molecule has 0 amide bonds. The van der Waals surface area contributed by atoms with E-state index in [1.165, 1.54) is 25.3 Å². The number of phenols is 3. The molecule has 5 unspecified atom stereocenters. The van der Waals surface area contributed by atoms with Gasteiger partial charge in [0, 0.05) is 17.7 Å². The second kappa shape index (κ2) is 9.00. The highest BCUT2D eigenvalue weighted by Gasteiger charge is 2.45. The normalized spacial score (nSPS) is 24.8. The van der Waals surface area contributed by atoms with Crippen LogP contribution < -0.4 is 14.9 Å². The molecule has 3 aromatic rings. The van der Waals surface area contributed by atoms with E-state index in [0.717, 1.165) is 12.1 Å². The molecule has 12 nitrogen and oxygen atoms in total. The Labute approximate surface area is 191 Å². The van der Waals surface area contributed by atoms with Gasteiger partial charge in [-0.25, -0.2) is 0 Å². The van der Waals surface area contributed by atoms with Gasteiger partial charge in [0.2, 0.25) is 12.0 Å². The van der Waals surface area contributed by atoms with Crippen LogP contribution in [0.2, 0.25) is 0 Å². The van der Waals surface area contributed by atoms with Crippen LogP contribution >= 0.6 is 0 Å². The molecule has 12 heteroatoms. The van der Waals surface area contributed by atoms with E-state index in [0.29, 0.717) is 0 Å². The zero-order valence-corrected chi connectivity index (χ0v) is 17.7. The molecule has 0 radical (unpaired) electrons. The predicted molar refractivity (Wildman–Crippen MR) is 114 cm³/mol. The minimum Gasteiger partial charge on any atom is -0.504 e. The average Bonchev–Trinajstić information content (AvgIpc) is 2.80. The summed E-state index contributed by atoms with van der Waals surface area (Å²) >= 11 is 0. The summed E-state index contributed by atoms with van der Waals surface area (Å²) in [5, 5.41) is 69.6. The summed E-state index contributed by atoms with van der Waals surface area (Å²) in [5.74, 6) is -1.96. The second-order valence-corrected chi connectivity index (χ2v) is 7.62. The summed E-state index contributed by atoms with van der Waals surface area (Å²) in [6.45, 7) is -0.663. The number of aliphatic hydroxyl groups excluding tert-OH is 4. The van der Waals surface area contributed by atoms with Crippen molar-refractivity contribution in [2.45, 2.75) is 30.7 Å². The Bertz CT molecular complexity index is 1270. The molecule has 34 heavy (non-hydrogen) atoms. The molecule has 0 bridgehead atoms. The molecule has 1 aromatic heterocycles. The van der Waals surface area contributed by atoms with Gasteiger partial charge in [0.25, 0.3) is 0 Å². The van der Waals surface area contributed by atoms with Gasteiger partial charge in [-0.15, -0.1) is 0 Å². The van der Waals surface area contributed by atoms with E-state index in [9.17, 15) is 40.5 Å². The van der Waals surface area contributed by atoms with Crippen LogP contribution in [0.3, 0.4) is 0 Å². The van der Waals surface area contributed by atoms with Crippen molar-refractivity contribution < 1.29 is 54.4 Å². The van der Waals surface area contributed by atoms with E-state index < -0.39 is 54.2 Å². The van der Waals surface area contributed by atoms with E-state index in [4.69, 9.17) is 18.6 Å². The van der Waals surface area contributed by atoms with E-state index >= 15 is 0 Å². The maximum absolute atomic E-state index is 12.7. The molecule has 1 saturated heterocycles. The van der Waals surface area contributed by atoms with Gasteiger partial charge in [-0.2, -0.15) is 0 Å². The number of hydrogen-bond acceptors (Lipinski definition) is 12. The summed E-state index contributed by atoms with van der Waals surface area (Å²) in [6.07, 6.45) is -7.75. The number of aliphatic hydroxyl groups is 4. The fourth-order valence-corrected chi connectivity index (χ4v) is 3.67. The van der Waals surface area contributed by atoms with Crippen LogP contribution in [0.5, 0.6) is 28.7 Å². The number of aromatic hydroxyl groups is 3. The van der Waals surface area contributed by atoms with Crippen LogP contribution in [0.25, 0.3) is 22.3 Å². The SMILES string of the molecule is COc1c(O)cc2oc(-c3ccc(O)c(OC4OC(CO)C(O)C(O)C4O)c3)cc(=O)c2c1O. The predicted octanol–water partition coefficient (Wildman–Crippen LogP) is -0.236. The number of fused-ring (bicyclic) bond motifs is 1. The van der Waals surface area contributed by atoms with E-state index in [1.54, 1.807) is 0 Å². The fourth-order valence-electron chi connectivity index (χ4n) is 3.67. The molecular weight excluding hydrogens is 456 g/mol. The Hall–Kier alpha value is -3.55. The second-order valence-electron chi connectivity index (χ2n) is 7.62. The number of methoxy groups -OCH3 is 1. The van der Waals surface area contributed by atoms with Crippen LogP contribution in [0.1, 0.15) is 0 Å². The molecule has 1 aliphatic rings. The number of benzene rings is 2. The lowest BCUT2D eigenvalue weighted by molar-refractivity contribution is -0.277. The summed E-state index contributed by atoms with van der Waals surface area (Å²) in [4.78, 5) is 12.7. The summed E-state index contributed by atoms with van der Waals surface area (Å²) < 4.78 is 21.3. The molecule has 7 N–H and O–H groups in total. The first-order chi connectivity index (χ1) is 16.2. The monoisotopic (exact) mass is 478 g/mol. The lowest BCUT2D eigenvalue weighted by atomic mass is 9.99. The third-order valence-corrected chi connectivity index (χ3v) is 5.47. The van der Waals surface area contributed by atoms with Crippen molar-refractivity contribution in [1.82, 2.24) is 0 Å². The minimum atomic E-state index is -1.71. The molecule has 1 aliphatic heterocycles. The Balaban J connectivity index is 1.72. The average molecular weight is 478 g/mol. The first-order valence-corrected chi connectivity index (χ1v) is 10.0. The smallest absolute Gasteiger partial charge is 0.229 e. The summed E-state index contributed by atoms with van der Waals surface area (Å²) in [6, 6.07) is 6.03. The maximum atomic E-state index is 12.7. The Morgan fingerprint density at radius 2 is 1.71 bits per heavy atom. The van der Waals surface area contributed by atoms with Gasteiger partial charge < -0.3 is 54.4 Å². The highest BCUT2D eigenvalue weighted by Crippen LogP contribution is 2.42. The van der Waals surface area contributed by atoms with Crippen LogP contribution in [0, 0.1) is 0 Å². The van der Waals surface area contributed by atoms with Gasteiger partial charge in [-0.05, 0) is 18.2 Å². The van der Waals surface area contributed by atoms with E-state index in [2.05, 4.69) is 0 Å². The lowest BCUT2D eigenvalue weighted by Gasteiger charge is -2.39. The Morgan fingerprint density at radius 1 is 0.971 bits per heavy atom. The van der Waals surface area contributed by atoms with Gasteiger partial charge in [-0.1, -0.05) is 0 Å². The molecule has 4 rings (SSSR count). The third-order valence-electron chi connectivity index (χ3n) is 5.47. The first-order valence-electron chi connectivity index (χ1n) is 10.0. The maximum Gasteiger partial charge on any atom is 0.229 e. The zero-order valence-electron chi connectivity index (χ0n) is 17.7. The van der Waals surface area contributed by atoms with Gasteiger partial charge in [0.05, 0.1) is 13.7 Å². The number of phenolic OH excluding ortho intramolecular Hbond substituents is 3. The minimum absolute atomic E-state index is 0.0138. The number of rotatable bonds is 5. The van der Waals surface area contributed by atoms with Crippen molar-refractivity contribution in [2.75, 3.05) is 13.7 Å². The quantitative estimate of drug-likeness (QED) is 0.254. The van der Waals surface area contributed by atoms with E-state index in [1.807, 2.05) is 0 Å². The van der Waals surface area contributed by atoms with Crippen LogP contribution in [0.15, 0.2) is 39.5 Å². The van der Waals surface area contributed by atoms with E-state index in [-0.39, 0.29) is 39.5 Å². The van der Waals surface area contributed by atoms with Crippen LogP contribution in [0.4, 0.5) is 0 Å². The molecule has 5 atom stereocenters. The van der Waals surface area contributed by atoms with Gasteiger partial charge in [0.15, 0.2) is 28.4 Å². The molecule has 0 saturated carbocycles. The molecule has 1 fully saturated rings. The largest absolute Gasteiger partial charge is 0.504 e. The highest BCUT2D eigenvalue weighted by molar-refractivity contribution is 5.89. The van der Waals surface area contributed by atoms with Crippen molar-refractivity contribution in [3.8, 4) is 40.1 Å². The number of ether oxygens (including phenoxy) is 3. The van der Waals surface area contributed by atoms with Crippen molar-refractivity contribution in [1.29, 1.82) is 0 Å². The van der Waals surface area contributed by atoms with Gasteiger partial charge in [-0.3, -0.25) is 4.79 Å². The lowest BCUT2D eigenvalue weighted by Crippen LogP contribution is -2.60. The zero-order chi connectivity index (χ0) is 24.7. The molecule has 182 valence electrons. The molecular formula is C22H22O12. The van der Waals surface area contributed by atoms with Crippen molar-refractivity contribution in [3.63, 3.8) is 0 Å². The summed E-state index contributed by atoms with van der Waals surface area (Å²) in [7, 11) is 1.21. The topological polar surface area (TPSA) is 200 Å². The molecule has 2 aromatic carbocycles. The third kappa shape index (κ3) is 3.97. The summed E-state index contributed by atoms with van der Waals surface area (Å²) in [5.41, 5.74) is -0.550. The molecule has 0 spiro atoms. The van der Waals surface area contributed by atoms with Gasteiger partial charge >= 0.3 is 0 Å². The number of hydrogen-bond donors (Lipinski definition) is 7. The Kier molecular flexibility index (Phi) is 6.25. The molecule has 2 heterocycles. The van der Waals surface area contributed by atoms with Crippen LogP contribution in [-0.4, -0.2) is 80.2 Å².